The van der Waals surface area contributed by atoms with Gasteiger partial charge < -0.3 is 10.7 Å². The minimum absolute atomic E-state index is 0. The van der Waals surface area contributed by atoms with Gasteiger partial charge in [0.15, 0.2) is 5.82 Å². The predicted molar refractivity (Wildman–Crippen MR) is 71.0 cm³/mol. The highest BCUT2D eigenvalue weighted by atomic mass is 35.5. The summed E-state index contributed by atoms with van der Waals surface area (Å²) in [6.07, 6.45) is 1.47. The smallest absolute Gasteiger partial charge is 0.151 e. The molecular formula is C12H11ClN4. The highest BCUT2D eigenvalue weighted by Gasteiger charge is 2.06. The van der Waals surface area contributed by atoms with Crippen LogP contribution in [0.25, 0.3) is 22.3 Å². The van der Waals surface area contributed by atoms with Gasteiger partial charge in [-0.05, 0) is 11.6 Å². The molecule has 0 unspecified atom stereocenters. The number of H-pyrrole nitrogens is 1. The Balaban J connectivity index is 0.00000108. The van der Waals surface area contributed by atoms with E-state index in [2.05, 4.69) is 15.0 Å². The molecule has 0 aliphatic heterocycles. The summed E-state index contributed by atoms with van der Waals surface area (Å²) in [4.78, 5) is 11.3. The molecule has 0 radical (unpaired) electrons. The molecule has 2 aromatic heterocycles. The maximum absolute atomic E-state index is 5.77. The van der Waals surface area contributed by atoms with Crippen molar-refractivity contribution in [3.63, 3.8) is 0 Å². The van der Waals surface area contributed by atoms with Gasteiger partial charge in [-0.25, -0.2) is 9.97 Å². The number of halogens is 1. The Morgan fingerprint density at radius 3 is 2.53 bits per heavy atom. The number of nitrogen functional groups attached to an aromatic ring is 1. The molecular weight excluding hydrogens is 236 g/mol. The van der Waals surface area contributed by atoms with E-state index in [9.17, 15) is 0 Å². The van der Waals surface area contributed by atoms with E-state index >= 15 is 0 Å². The molecule has 0 spiro atoms. The first-order valence-electron chi connectivity index (χ1n) is 4.99. The second kappa shape index (κ2) is 4.43. The van der Waals surface area contributed by atoms with E-state index in [1.165, 1.54) is 6.33 Å². The third kappa shape index (κ3) is 1.94. The van der Waals surface area contributed by atoms with Gasteiger partial charge in [0.05, 0.1) is 5.52 Å². The molecule has 3 rings (SSSR count). The van der Waals surface area contributed by atoms with E-state index in [0.717, 1.165) is 22.3 Å². The van der Waals surface area contributed by atoms with Gasteiger partial charge in [0, 0.05) is 5.69 Å². The Morgan fingerprint density at radius 1 is 1.06 bits per heavy atom. The summed E-state index contributed by atoms with van der Waals surface area (Å²) in [5.74, 6) is 0.479. The molecule has 0 aliphatic rings. The lowest BCUT2D eigenvalue weighted by Crippen LogP contribution is -1.91. The minimum atomic E-state index is 0. The van der Waals surface area contributed by atoms with E-state index in [0.29, 0.717) is 5.82 Å². The molecule has 0 aliphatic carbocycles. The van der Waals surface area contributed by atoms with Gasteiger partial charge in [0.25, 0.3) is 0 Å². The number of nitrogens with zero attached hydrogens (tertiary/aromatic N) is 2. The molecule has 2 heterocycles. The van der Waals surface area contributed by atoms with Crippen LogP contribution in [0.5, 0.6) is 0 Å². The van der Waals surface area contributed by atoms with Crippen LogP contribution in [0.15, 0.2) is 42.7 Å². The average Bonchev–Trinajstić information content (AvgIpc) is 2.76. The van der Waals surface area contributed by atoms with Crippen LogP contribution in [-0.2, 0) is 0 Å². The van der Waals surface area contributed by atoms with Gasteiger partial charge in [-0.1, -0.05) is 30.3 Å². The van der Waals surface area contributed by atoms with Crippen LogP contribution in [0.1, 0.15) is 0 Å². The van der Waals surface area contributed by atoms with Crippen molar-refractivity contribution in [2.75, 3.05) is 5.73 Å². The van der Waals surface area contributed by atoms with Gasteiger partial charge in [-0.2, -0.15) is 0 Å². The first-order chi connectivity index (χ1) is 7.84. The van der Waals surface area contributed by atoms with Crippen LogP contribution in [0.4, 0.5) is 5.82 Å². The van der Waals surface area contributed by atoms with Crippen LogP contribution in [0.3, 0.4) is 0 Å². The Morgan fingerprint density at radius 2 is 1.82 bits per heavy atom. The normalized spacial score (nSPS) is 10.1. The van der Waals surface area contributed by atoms with Crippen LogP contribution < -0.4 is 5.73 Å². The highest BCUT2D eigenvalue weighted by molar-refractivity contribution is 5.89. The zero-order chi connectivity index (χ0) is 11.0. The number of rotatable bonds is 1. The standard InChI is InChI=1S/C12H10N4.ClH/c13-12-11-10(14-7-15-12)6-9(16-11)8-4-2-1-3-5-8;/h1-7,16H,(H2,13,14,15);1H. The molecule has 0 saturated carbocycles. The summed E-state index contributed by atoms with van der Waals surface area (Å²) in [6, 6.07) is 12.0. The van der Waals surface area contributed by atoms with Crippen LogP contribution in [0.2, 0.25) is 0 Å². The molecule has 4 nitrogen and oxygen atoms in total. The lowest BCUT2D eigenvalue weighted by Gasteiger charge is -1.95. The van der Waals surface area contributed by atoms with Crippen molar-refractivity contribution < 1.29 is 0 Å². The topological polar surface area (TPSA) is 67.6 Å². The Bertz CT molecular complexity index is 633. The second-order valence-corrected chi connectivity index (χ2v) is 3.57. The number of nitrogens with two attached hydrogens (primary N) is 1. The van der Waals surface area contributed by atoms with Gasteiger partial charge in [-0.3, -0.25) is 0 Å². The number of hydrogen-bond acceptors (Lipinski definition) is 3. The third-order valence-electron chi connectivity index (χ3n) is 2.53. The van der Waals surface area contributed by atoms with E-state index in [1.807, 2.05) is 36.4 Å². The zero-order valence-electron chi connectivity index (χ0n) is 8.92. The number of benzene rings is 1. The second-order valence-electron chi connectivity index (χ2n) is 3.57. The van der Waals surface area contributed by atoms with Gasteiger partial charge in [0.1, 0.15) is 11.8 Å². The summed E-state index contributed by atoms with van der Waals surface area (Å²) in [7, 11) is 0. The quantitative estimate of drug-likeness (QED) is 0.694. The Labute approximate surface area is 104 Å². The van der Waals surface area contributed by atoms with Crippen molar-refractivity contribution in [2.24, 2.45) is 0 Å². The molecule has 0 atom stereocenters. The predicted octanol–water partition coefficient (Wildman–Crippen LogP) is 2.63. The number of hydrogen-bond donors (Lipinski definition) is 2. The summed E-state index contributed by atoms with van der Waals surface area (Å²) >= 11 is 0. The highest BCUT2D eigenvalue weighted by Crippen LogP contribution is 2.24. The van der Waals surface area contributed by atoms with E-state index in [-0.39, 0.29) is 12.4 Å². The third-order valence-corrected chi connectivity index (χ3v) is 2.53. The monoisotopic (exact) mass is 246 g/mol. The Kier molecular flexibility index (Phi) is 2.97. The molecule has 1 aromatic carbocycles. The summed E-state index contributed by atoms with van der Waals surface area (Å²) in [5.41, 5.74) is 9.51. The largest absolute Gasteiger partial charge is 0.382 e. The molecule has 86 valence electrons. The molecule has 0 bridgehead atoms. The number of anilines is 1. The maximum atomic E-state index is 5.77. The van der Waals surface area contributed by atoms with E-state index in [4.69, 9.17) is 5.73 Å². The number of aromatic nitrogens is 3. The van der Waals surface area contributed by atoms with Crippen molar-refractivity contribution in [3.05, 3.63) is 42.7 Å². The summed E-state index contributed by atoms with van der Waals surface area (Å²) < 4.78 is 0. The molecule has 0 saturated heterocycles. The molecule has 3 N–H and O–H groups in total. The van der Waals surface area contributed by atoms with E-state index < -0.39 is 0 Å². The fourth-order valence-corrected chi connectivity index (χ4v) is 1.73. The van der Waals surface area contributed by atoms with Gasteiger partial charge in [0.2, 0.25) is 0 Å². The zero-order valence-corrected chi connectivity index (χ0v) is 9.74. The number of nitrogens with one attached hydrogen (secondary N) is 1. The first kappa shape index (κ1) is 11.4. The van der Waals surface area contributed by atoms with Gasteiger partial charge >= 0.3 is 0 Å². The molecule has 0 amide bonds. The lowest BCUT2D eigenvalue weighted by atomic mass is 10.2. The maximum Gasteiger partial charge on any atom is 0.151 e. The fourth-order valence-electron chi connectivity index (χ4n) is 1.73. The first-order valence-corrected chi connectivity index (χ1v) is 4.99. The van der Waals surface area contributed by atoms with Crippen molar-refractivity contribution in [2.45, 2.75) is 0 Å². The van der Waals surface area contributed by atoms with Crippen molar-refractivity contribution in [3.8, 4) is 11.3 Å². The van der Waals surface area contributed by atoms with E-state index in [1.54, 1.807) is 0 Å². The number of fused-ring (bicyclic) bond motifs is 1. The number of aromatic amines is 1. The van der Waals surface area contributed by atoms with Crippen LogP contribution >= 0.6 is 12.4 Å². The minimum Gasteiger partial charge on any atom is -0.382 e. The fraction of sp³-hybridized carbons (Fsp3) is 0. The molecule has 0 fully saturated rings. The molecule has 17 heavy (non-hydrogen) atoms. The van der Waals surface area contributed by atoms with Gasteiger partial charge in [-0.15, -0.1) is 12.4 Å². The Hall–Kier alpha value is -2.07. The SMILES string of the molecule is Cl.Nc1ncnc2cc(-c3ccccc3)[nH]c12. The van der Waals surface area contributed by atoms with Crippen LogP contribution in [-0.4, -0.2) is 15.0 Å². The average molecular weight is 247 g/mol. The van der Waals surface area contributed by atoms with Crippen molar-refractivity contribution >= 4 is 29.3 Å². The van der Waals surface area contributed by atoms with Crippen molar-refractivity contribution in [1.82, 2.24) is 15.0 Å². The van der Waals surface area contributed by atoms with Crippen LogP contribution in [0, 0.1) is 0 Å². The van der Waals surface area contributed by atoms with Crippen molar-refractivity contribution in [1.29, 1.82) is 0 Å². The molecule has 5 heteroatoms. The molecule has 3 aromatic rings. The summed E-state index contributed by atoms with van der Waals surface area (Å²) in [6.45, 7) is 0. The summed E-state index contributed by atoms with van der Waals surface area (Å²) in [5, 5.41) is 0. The lowest BCUT2D eigenvalue weighted by molar-refractivity contribution is 1.23.